The van der Waals surface area contributed by atoms with Gasteiger partial charge in [-0.1, -0.05) is 18.3 Å². The maximum absolute atomic E-state index is 7.49. The molecule has 0 aliphatic carbocycles. The predicted molar refractivity (Wildman–Crippen MR) is 53.7 cm³/mol. The molecule has 1 heterocycles. The minimum Gasteiger partial charge on any atom is -0.482 e. The Kier molecular flexibility index (Phi) is 7.85. The Morgan fingerprint density at radius 3 is 2.54 bits per heavy atom. The fourth-order valence-corrected chi connectivity index (χ4v) is 1.29. The molecule has 0 saturated heterocycles. The van der Waals surface area contributed by atoms with Gasteiger partial charge >= 0.3 is 0 Å². The van der Waals surface area contributed by atoms with Gasteiger partial charge in [-0.3, -0.25) is 4.99 Å². The Hall–Kier alpha value is 0.114. The number of rotatable bonds is 0. The van der Waals surface area contributed by atoms with Crippen molar-refractivity contribution < 1.29 is 32.7 Å². The zero-order valence-corrected chi connectivity index (χ0v) is 11.6. The number of hydrogen-bond acceptors (Lipinski definition) is 1. The molecule has 0 saturated carbocycles. The van der Waals surface area contributed by atoms with Crippen LogP contribution in [0.25, 0.3) is 5.73 Å². The molecule has 1 aliphatic heterocycles. The molecular formula is C9H17N3Y-2. The second kappa shape index (κ2) is 6.55. The van der Waals surface area contributed by atoms with E-state index in [0.29, 0.717) is 11.7 Å². The molecule has 4 heteroatoms. The standard InChI is InChI=1S/C8H14N3.CH3.Y/c1-5-4-6(2)8(10-3)11-7(5)9;;/h6,9H,4H2,1-3H3,(H,10,11);1H3;/q2*-1;. The van der Waals surface area contributed by atoms with Crippen LogP contribution in [-0.4, -0.2) is 12.9 Å². The van der Waals surface area contributed by atoms with Crippen molar-refractivity contribution in [3.05, 3.63) is 24.6 Å². The van der Waals surface area contributed by atoms with E-state index in [4.69, 9.17) is 5.73 Å². The Balaban J connectivity index is 0. The summed E-state index contributed by atoms with van der Waals surface area (Å²) >= 11 is 0. The van der Waals surface area contributed by atoms with Crippen LogP contribution in [0, 0.1) is 13.3 Å². The summed E-state index contributed by atoms with van der Waals surface area (Å²) in [4.78, 5) is 4.06. The molecule has 13 heavy (non-hydrogen) atoms. The summed E-state index contributed by atoms with van der Waals surface area (Å²) < 4.78 is 0. The average Bonchev–Trinajstić information content (AvgIpc) is 1.97. The first-order chi connectivity index (χ1) is 5.15. The molecule has 3 nitrogen and oxygen atoms in total. The first-order valence-electron chi connectivity index (χ1n) is 3.80. The molecule has 0 bridgehead atoms. The summed E-state index contributed by atoms with van der Waals surface area (Å²) in [6.45, 7) is 4.10. The van der Waals surface area contributed by atoms with Crippen molar-refractivity contribution >= 4 is 5.84 Å². The van der Waals surface area contributed by atoms with Gasteiger partial charge in [-0.2, -0.15) is 0 Å². The van der Waals surface area contributed by atoms with E-state index >= 15 is 0 Å². The second-order valence-corrected chi connectivity index (χ2v) is 2.99. The van der Waals surface area contributed by atoms with Crippen molar-refractivity contribution in [2.45, 2.75) is 20.3 Å². The van der Waals surface area contributed by atoms with Crippen molar-refractivity contribution in [2.24, 2.45) is 10.9 Å². The maximum Gasteiger partial charge on any atom is 0.0276 e. The van der Waals surface area contributed by atoms with Crippen molar-refractivity contribution in [1.82, 2.24) is 5.32 Å². The Labute approximate surface area is 106 Å². The number of hydrogen-bond donors (Lipinski definition) is 1. The van der Waals surface area contributed by atoms with Crippen LogP contribution in [0.1, 0.15) is 20.3 Å². The van der Waals surface area contributed by atoms with Gasteiger partial charge in [0.15, 0.2) is 0 Å². The van der Waals surface area contributed by atoms with Gasteiger partial charge in [-0.15, -0.1) is 0 Å². The van der Waals surface area contributed by atoms with Crippen molar-refractivity contribution in [2.75, 3.05) is 7.05 Å². The minimum absolute atomic E-state index is 0. The molecule has 1 unspecified atom stereocenters. The van der Waals surface area contributed by atoms with E-state index < -0.39 is 0 Å². The third kappa shape index (κ3) is 3.78. The van der Waals surface area contributed by atoms with Gasteiger partial charge in [-0.05, 0) is 19.3 Å². The molecular weight excluding hydrogens is 239 g/mol. The smallest absolute Gasteiger partial charge is 0.0276 e. The minimum atomic E-state index is 0. The quantitative estimate of drug-likeness (QED) is 0.664. The van der Waals surface area contributed by atoms with Crippen LogP contribution in [0.5, 0.6) is 0 Å². The van der Waals surface area contributed by atoms with Crippen LogP contribution in [-0.2, 0) is 32.7 Å². The molecule has 73 valence electrons. The zero-order valence-electron chi connectivity index (χ0n) is 8.81. The fraction of sp³-hybridized carbons (Fsp3) is 0.556. The van der Waals surface area contributed by atoms with Crippen LogP contribution < -0.4 is 5.32 Å². The normalized spacial score (nSPS) is 24.5. The van der Waals surface area contributed by atoms with Gasteiger partial charge in [0, 0.05) is 45.6 Å². The summed E-state index contributed by atoms with van der Waals surface area (Å²) in [7, 11) is 1.76. The van der Waals surface area contributed by atoms with Crippen molar-refractivity contribution in [3.63, 3.8) is 0 Å². The summed E-state index contributed by atoms with van der Waals surface area (Å²) in [6, 6.07) is 0. The van der Waals surface area contributed by atoms with E-state index in [1.54, 1.807) is 7.05 Å². The average molecular weight is 256 g/mol. The fourth-order valence-electron chi connectivity index (χ4n) is 1.29. The van der Waals surface area contributed by atoms with Crippen LogP contribution in [0.3, 0.4) is 0 Å². The molecule has 0 aromatic carbocycles. The second-order valence-electron chi connectivity index (χ2n) is 2.99. The van der Waals surface area contributed by atoms with Gasteiger partial charge in [-0.25, -0.2) is 0 Å². The Bertz CT molecular complexity index is 221. The molecule has 0 fully saturated rings. The third-order valence-electron chi connectivity index (χ3n) is 2.00. The summed E-state index contributed by atoms with van der Waals surface area (Å²) in [6.07, 6.45) is 0.957. The summed E-state index contributed by atoms with van der Waals surface area (Å²) in [5, 5.41) is 2.96. The molecule has 0 aromatic rings. The van der Waals surface area contributed by atoms with Crippen LogP contribution in [0.4, 0.5) is 0 Å². The first kappa shape index (κ1) is 15.6. The molecule has 0 spiro atoms. The van der Waals surface area contributed by atoms with Gasteiger partial charge in [0.05, 0.1) is 0 Å². The monoisotopic (exact) mass is 256 g/mol. The van der Waals surface area contributed by atoms with Crippen molar-refractivity contribution in [3.8, 4) is 0 Å². The predicted octanol–water partition coefficient (Wildman–Crippen LogP) is 2.38. The number of aliphatic imine (C=N–C) groups is 1. The van der Waals surface area contributed by atoms with Gasteiger partial charge in [0.2, 0.25) is 0 Å². The van der Waals surface area contributed by atoms with Crippen molar-refractivity contribution in [1.29, 1.82) is 0 Å². The van der Waals surface area contributed by atoms with E-state index in [1.165, 1.54) is 0 Å². The molecule has 1 rings (SSSR count). The molecule has 1 radical (unpaired) electrons. The Morgan fingerprint density at radius 1 is 1.54 bits per heavy atom. The number of allylic oxidation sites excluding steroid dienone is 1. The molecule has 1 aliphatic rings. The number of nitrogens with one attached hydrogen (secondary N) is 2. The maximum atomic E-state index is 7.49. The molecule has 2 N–H and O–H groups in total. The largest absolute Gasteiger partial charge is 0.482 e. The van der Waals surface area contributed by atoms with Crippen LogP contribution >= 0.6 is 0 Å². The SMILES string of the molecule is CN=C1NC([NH-])=C(C)CC1C.[CH3-].[Y]. The zero-order chi connectivity index (χ0) is 8.43. The molecule has 0 amide bonds. The van der Waals surface area contributed by atoms with Crippen LogP contribution in [0.15, 0.2) is 16.4 Å². The van der Waals surface area contributed by atoms with Gasteiger partial charge in [0.25, 0.3) is 0 Å². The molecule has 1 atom stereocenters. The van der Waals surface area contributed by atoms with Crippen LogP contribution in [0.2, 0.25) is 0 Å². The van der Waals surface area contributed by atoms with Gasteiger partial charge in [0.1, 0.15) is 0 Å². The van der Waals surface area contributed by atoms with Gasteiger partial charge < -0.3 is 18.5 Å². The third-order valence-corrected chi connectivity index (χ3v) is 2.00. The van der Waals surface area contributed by atoms with E-state index in [-0.39, 0.29) is 40.1 Å². The van der Waals surface area contributed by atoms with E-state index in [9.17, 15) is 0 Å². The topological polar surface area (TPSA) is 48.2 Å². The Morgan fingerprint density at radius 2 is 2.08 bits per heavy atom. The first-order valence-corrected chi connectivity index (χ1v) is 3.80. The molecule has 0 aromatic heterocycles. The summed E-state index contributed by atoms with van der Waals surface area (Å²) in [5.41, 5.74) is 8.61. The number of amidine groups is 1. The van der Waals surface area contributed by atoms with E-state index in [0.717, 1.165) is 17.8 Å². The summed E-state index contributed by atoms with van der Waals surface area (Å²) in [5.74, 6) is 1.89. The number of nitrogens with zero attached hydrogens (tertiary/aromatic N) is 1. The van der Waals surface area contributed by atoms with E-state index in [1.807, 2.05) is 6.92 Å². The van der Waals surface area contributed by atoms with E-state index in [2.05, 4.69) is 17.2 Å².